The Bertz CT molecular complexity index is 1030. The van der Waals surface area contributed by atoms with Gasteiger partial charge < -0.3 is 0 Å². The zero-order valence-electron chi connectivity index (χ0n) is 18.7. The van der Waals surface area contributed by atoms with Gasteiger partial charge in [-0.25, -0.2) is 0 Å². The summed E-state index contributed by atoms with van der Waals surface area (Å²) in [6, 6.07) is 7.40. The highest BCUT2D eigenvalue weighted by atomic mass is 32.2. The predicted molar refractivity (Wildman–Crippen MR) is 119 cm³/mol. The Morgan fingerprint density at radius 3 is 2.07 bits per heavy atom. The van der Waals surface area contributed by atoms with Crippen LogP contribution < -0.4 is 0 Å². The Kier molecular flexibility index (Phi) is 4.70. The molecule has 0 aliphatic heterocycles. The van der Waals surface area contributed by atoms with Crippen LogP contribution in [-0.4, -0.2) is 17.6 Å². The van der Waals surface area contributed by atoms with Gasteiger partial charge in [0, 0.05) is 5.56 Å². The molecule has 4 aliphatic carbocycles. The predicted octanol–water partition coefficient (Wildman–Crippen LogP) is 5.72. The highest BCUT2D eigenvalue weighted by Crippen LogP contribution is 2.61. The first kappa shape index (κ1) is 20.3. The number of benzene rings is 1. The van der Waals surface area contributed by atoms with E-state index in [2.05, 4.69) is 18.9 Å². The summed E-state index contributed by atoms with van der Waals surface area (Å²) in [5.41, 5.74) is 4.31. The van der Waals surface area contributed by atoms with Crippen LogP contribution in [0.3, 0.4) is 0 Å². The number of hydrogen-bond acceptors (Lipinski definition) is 3. The lowest BCUT2D eigenvalue weighted by atomic mass is 9.48. The Morgan fingerprint density at radius 1 is 1.03 bits per heavy atom. The molecule has 0 N–H and O–H groups in total. The summed E-state index contributed by atoms with van der Waals surface area (Å²) in [5.74, 6) is 2.90. The fraction of sp³-hybridized carbons (Fsp3) is 0.640. The number of aromatic nitrogens is 2. The fourth-order valence-corrected chi connectivity index (χ4v) is 8.70. The van der Waals surface area contributed by atoms with E-state index in [1.807, 2.05) is 26.0 Å². The standard InChI is InChI=1S/C25H34N2O2S/c1-5-16(2)22-6-8-23(9-7-22)30(28,29)27-18(4)24(17(3)26-27)25-13-19-10-20(14-25)12-21(11-19)15-25/h6-9,16,19-21H,5,10-15H2,1-4H3. The quantitative estimate of drug-likeness (QED) is 0.614. The van der Waals surface area contributed by atoms with Crippen LogP contribution >= 0.6 is 0 Å². The van der Waals surface area contributed by atoms with E-state index in [9.17, 15) is 8.42 Å². The van der Waals surface area contributed by atoms with Crippen molar-refractivity contribution in [2.24, 2.45) is 17.8 Å². The van der Waals surface area contributed by atoms with Crippen LogP contribution in [0, 0.1) is 31.6 Å². The smallest absolute Gasteiger partial charge is 0.199 e. The van der Waals surface area contributed by atoms with Gasteiger partial charge in [-0.2, -0.15) is 17.6 Å². The molecule has 0 saturated heterocycles. The van der Waals surface area contributed by atoms with Gasteiger partial charge >= 0.3 is 0 Å². The van der Waals surface area contributed by atoms with Gasteiger partial charge in [0.05, 0.1) is 16.3 Å². The summed E-state index contributed by atoms with van der Waals surface area (Å²) in [6.45, 7) is 8.30. The number of aryl methyl sites for hydroxylation is 1. The Balaban J connectivity index is 1.54. The van der Waals surface area contributed by atoms with Crippen molar-refractivity contribution in [1.29, 1.82) is 0 Å². The van der Waals surface area contributed by atoms with Gasteiger partial charge in [0.25, 0.3) is 10.0 Å². The second-order valence-corrected chi connectivity index (χ2v) is 12.2. The second kappa shape index (κ2) is 6.94. The maximum atomic E-state index is 13.5. The van der Waals surface area contributed by atoms with Crippen LogP contribution in [0.4, 0.5) is 0 Å². The summed E-state index contributed by atoms with van der Waals surface area (Å²) >= 11 is 0. The lowest BCUT2D eigenvalue weighted by molar-refractivity contribution is -0.00574. The van der Waals surface area contributed by atoms with Gasteiger partial charge in [0.2, 0.25) is 0 Å². The second-order valence-electron chi connectivity index (χ2n) is 10.5. The van der Waals surface area contributed by atoms with Crippen LogP contribution in [0.2, 0.25) is 0 Å². The SMILES string of the molecule is CCC(C)c1ccc(S(=O)(=O)n2nc(C)c(C34CC5CC(CC(C5)C3)C4)c2C)cc1. The third-order valence-corrected chi connectivity index (χ3v) is 10.1. The molecule has 1 unspecified atom stereocenters. The molecule has 0 spiro atoms. The van der Waals surface area contributed by atoms with Crippen molar-refractivity contribution in [3.05, 3.63) is 46.8 Å². The summed E-state index contributed by atoms with van der Waals surface area (Å²) in [4.78, 5) is 0.331. The minimum Gasteiger partial charge on any atom is -0.199 e. The van der Waals surface area contributed by atoms with E-state index in [4.69, 9.17) is 0 Å². The van der Waals surface area contributed by atoms with Crippen LogP contribution in [0.1, 0.15) is 87.2 Å². The molecular formula is C25H34N2O2S. The van der Waals surface area contributed by atoms with Gasteiger partial charge in [-0.05, 0) is 106 Å². The molecule has 4 aliphatic rings. The minimum atomic E-state index is -3.69. The van der Waals surface area contributed by atoms with Crippen molar-refractivity contribution < 1.29 is 8.42 Å². The molecule has 1 aromatic carbocycles. The largest absolute Gasteiger partial charge is 0.283 e. The zero-order chi connectivity index (χ0) is 21.3. The topological polar surface area (TPSA) is 52.0 Å². The molecule has 4 nitrogen and oxygen atoms in total. The molecule has 1 heterocycles. The number of hydrogen-bond donors (Lipinski definition) is 0. The molecule has 2 aromatic rings. The lowest BCUT2D eigenvalue weighted by Gasteiger charge is -2.57. The van der Waals surface area contributed by atoms with E-state index < -0.39 is 10.0 Å². The van der Waals surface area contributed by atoms with Gasteiger partial charge in [-0.15, -0.1) is 0 Å². The van der Waals surface area contributed by atoms with Crippen molar-refractivity contribution in [3.63, 3.8) is 0 Å². The van der Waals surface area contributed by atoms with Crippen molar-refractivity contribution in [3.8, 4) is 0 Å². The van der Waals surface area contributed by atoms with Crippen LogP contribution in [-0.2, 0) is 15.4 Å². The highest BCUT2D eigenvalue weighted by Gasteiger charge is 2.53. The molecular weight excluding hydrogens is 392 g/mol. The fourth-order valence-electron chi connectivity index (χ4n) is 7.34. The van der Waals surface area contributed by atoms with E-state index in [0.717, 1.165) is 35.6 Å². The summed E-state index contributed by atoms with van der Waals surface area (Å²) in [6.07, 6.45) is 8.84. The van der Waals surface area contributed by atoms with E-state index in [1.165, 1.54) is 53.7 Å². The van der Waals surface area contributed by atoms with E-state index in [-0.39, 0.29) is 5.41 Å². The first-order valence-corrected chi connectivity index (χ1v) is 13.1. The molecule has 0 radical (unpaired) electrons. The zero-order valence-corrected chi connectivity index (χ0v) is 19.5. The Morgan fingerprint density at radius 2 is 1.57 bits per heavy atom. The van der Waals surface area contributed by atoms with Crippen molar-refractivity contribution in [1.82, 2.24) is 9.19 Å². The maximum absolute atomic E-state index is 13.5. The molecule has 1 atom stereocenters. The third-order valence-electron chi connectivity index (χ3n) is 8.41. The summed E-state index contributed by atoms with van der Waals surface area (Å²) < 4.78 is 28.3. The number of nitrogens with zero attached hydrogens (tertiary/aromatic N) is 2. The monoisotopic (exact) mass is 426 g/mol. The van der Waals surface area contributed by atoms with E-state index >= 15 is 0 Å². The molecule has 4 bridgehead atoms. The van der Waals surface area contributed by atoms with Gasteiger partial charge in [0.15, 0.2) is 0 Å². The van der Waals surface area contributed by atoms with Crippen LogP contribution in [0.5, 0.6) is 0 Å². The van der Waals surface area contributed by atoms with Crippen LogP contribution in [0.15, 0.2) is 29.2 Å². The highest BCUT2D eigenvalue weighted by molar-refractivity contribution is 7.89. The molecule has 1 aromatic heterocycles. The van der Waals surface area contributed by atoms with Crippen molar-refractivity contribution in [2.45, 2.75) is 88.9 Å². The van der Waals surface area contributed by atoms with Gasteiger partial charge in [0.1, 0.15) is 0 Å². The molecule has 30 heavy (non-hydrogen) atoms. The number of rotatable bonds is 5. The van der Waals surface area contributed by atoms with E-state index in [1.54, 1.807) is 12.1 Å². The summed E-state index contributed by atoms with van der Waals surface area (Å²) in [5, 5.41) is 4.62. The maximum Gasteiger partial charge on any atom is 0.283 e. The normalized spacial score (nSPS) is 31.3. The van der Waals surface area contributed by atoms with Crippen molar-refractivity contribution in [2.75, 3.05) is 0 Å². The Labute approximate surface area is 181 Å². The molecule has 162 valence electrons. The molecule has 4 fully saturated rings. The lowest BCUT2D eigenvalue weighted by Crippen LogP contribution is -2.49. The first-order chi connectivity index (χ1) is 14.2. The van der Waals surface area contributed by atoms with Gasteiger partial charge in [-0.1, -0.05) is 26.0 Å². The molecule has 0 amide bonds. The minimum absolute atomic E-state index is 0.150. The first-order valence-electron chi connectivity index (χ1n) is 11.7. The molecule has 6 rings (SSSR count). The Hall–Kier alpha value is -1.62. The average Bonchev–Trinajstić information content (AvgIpc) is 3.02. The van der Waals surface area contributed by atoms with Crippen LogP contribution in [0.25, 0.3) is 0 Å². The van der Waals surface area contributed by atoms with E-state index in [0.29, 0.717) is 10.8 Å². The molecule has 5 heteroatoms. The van der Waals surface area contributed by atoms with Crippen molar-refractivity contribution >= 4 is 10.0 Å². The summed E-state index contributed by atoms with van der Waals surface area (Å²) in [7, 11) is -3.69. The van der Waals surface area contributed by atoms with Gasteiger partial charge in [-0.3, -0.25) is 0 Å². The average molecular weight is 427 g/mol. The molecule has 4 saturated carbocycles. The third kappa shape index (κ3) is 2.99.